The molecule has 0 aromatic carbocycles. The number of hydrogen-bond donors (Lipinski definition) is 2. The summed E-state index contributed by atoms with van der Waals surface area (Å²) in [5.41, 5.74) is 8.94. The molecule has 5 heterocycles. The van der Waals surface area contributed by atoms with Gasteiger partial charge in [-0.15, -0.1) is 0 Å². The third-order valence-corrected chi connectivity index (χ3v) is 4.16. The van der Waals surface area contributed by atoms with Crippen molar-refractivity contribution in [1.82, 2.24) is 5.48 Å². The zero-order valence-corrected chi connectivity index (χ0v) is 13.6. The minimum Gasteiger partial charge on any atom is -0.291 e. The standard InChI is InChI=1S/C20H13N5O/c26-25-20-11-18-9-16-4-3-14(22-16)7-12-1-2-13(21-12)8-15-5-6-17(23-15)10-19(20)24-18/h1-11,25-26H. The largest absolute Gasteiger partial charge is 0.291 e. The van der Waals surface area contributed by atoms with Crippen LogP contribution in [0.1, 0.15) is 0 Å². The summed E-state index contributed by atoms with van der Waals surface area (Å²) in [4.78, 5) is 18.2. The summed E-state index contributed by atoms with van der Waals surface area (Å²) in [6, 6.07) is 0. The second-order valence-corrected chi connectivity index (χ2v) is 6.05. The summed E-state index contributed by atoms with van der Waals surface area (Å²) in [6.07, 6.45) is 20.9. The van der Waals surface area contributed by atoms with Gasteiger partial charge >= 0.3 is 0 Å². The predicted molar refractivity (Wildman–Crippen MR) is 102 cm³/mol. The van der Waals surface area contributed by atoms with Crippen molar-refractivity contribution in [2.24, 2.45) is 20.0 Å². The summed E-state index contributed by atoms with van der Waals surface area (Å²) in [6.45, 7) is 0. The Balaban J connectivity index is 1.66. The van der Waals surface area contributed by atoms with Gasteiger partial charge in [-0.1, -0.05) is 0 Å². The van der Waals surface area contributed by atoms with E-state index in [1.165, 1.54) is 0 Å². The monoisotopic (exact) mass is 339 g/mol. The van der Waals surface area contributed by atoms with Gasteiger partial charge in [-0.2, -0.15) is 0 Å². The molecule has 0 amide bonds. The van der Waals surface area contributed by atoms with Crippen molar-refractivity contribution in [2.75, 3.05) is 0 Å². The molecule has 0 aromatic heterocycles. The molecule has 0 saturated carbocycles. The molecule has 0 radical (unpaired) electrons. The molecule has 6 nitrogen and oxygen atoms in total. The maximum atomic E-state index is 9.39. The van der Waals surface area contributed by atoms with Gasteiger partial charge in [0.05, 0.1) is 51.3 Å². The van der Waals surface area contributed by atoms with Crippen LogP contribution in [0.2, 0.25) is 0 Å². The molecule has 0 spiro atoms. The van der Waals surface area contributed by atoms with E-state index in [0.717, 1.165) is 34.2 Å². The number of hydroxylamine groups is 1. The highest BCUT2D eigenvalue weighted by molar-refractivity contribution is 6.15. The van der Waals surface area contributed by atoms with Crippen LogP contribution in [0.25, 0.3) is 0 Å². The topological polar surface area (TPSA) is 81.7 Å². The van der Waals surface area contributed by atoms with E-state index in [9.17, 15) is 5.21 Å². The summed E-state index contributed by atoms with van der Waals surface area (Å²) in [5, 5.41) is 9.39. The molecular weight excluding hydrogens is 326 g/mol. The van der Waals surface area contributed by atoms with Gasteiger partial charge in [-0.3, -0.25) is 10.7 Å². The van der Waals surface area contributed by atoms with Gasteiger partial charge in [-0.25, -0.2) is 20.0 Å². The zero-order chi connectivity index (χ0) is 17.5. The molecule has 0 fully saturated rings. The van der Waals surface area contributed by atoms with Crippen LogP contribution in [0.5, 0.6) is 0 Å². The van der Waals surface area contributed by atoms with Crippen LogP contribution in [0.4, 0.5) is 0 Å². The Bertz CT molecular complexity index is 1100. The first-order valence-electron chi connectivity index (χ1n) is 8.13. The van der Waals surface area contributed by atoms with Crippen LogP contribution in [-0.4, -0.2) is 28.1 Å². The molecule has 0 saturated heterocycles. The maximum absolute atomic E-state index is 9.39. The van der Waals surface area contributed by atoms with Crippen molar-refractivity contribution in [3.05, 3.63) is 95.3 Å². The van der Waals surface area contributed by atoms with E-state index in [2.05, 4.69) is 25.4 Å². The average Bonchev–Trinajstić information content (AvgIpc) is 3.39. The number of fused-ring (bicyclic) bond motifs is 4. The lowest BCUT2D eigenvalue weighted by Crippen LogP contribution is -2.07. The molecule has 0 unspecified atom stereocenters. The molecule has 0 aromatic rings. The van der Waals surface area contributed by atoms with Gasteiger partial charge in [0.25, 0.3) is 0 Å². The van der Waals surface area contributed by atoms with Gasteiger partial charge in [0.15, 0.2) is 0 Å². The third kappa shape index (κ3) is 2.68. The molecule has 5 aliphatic rings. The predicted octanol–water partition coefficient (Wildman–Crippen LogP) is 2.89. The minimum atomic E-state index is 0.523. The Morgan fingerprint density at radius 2 is 1.04 bits per heavy atom. The second-order valence-electron chi connectivity index (χ2n) is 6.05. The average molecular weight is 339 g/mol. The molecule has 5 aliphatic heterocycles. The number of nitrogens with one attached hydrogen (secondary N) is 1. The van der Waals surface area contributed by atoms with Gasteiger partial charge in [0, 0.05) is 0 Å². The van der Waals surface area contributed by atoms with Gasteiger partial charge in [0.1, 0.15) is 0 Å². The lowest BCUT2D eigenvalue weighted by Gasteiger charge is -1.99. The summed E-state index contributed by atoms with van der Waals surface area (Å²) >= 11 is 0. The normalized spacial score (nSPS) is 22.1. The Kier molecular flexibility index (Phi) is 3.23. The Morgan fingerprint density at radius 3 is 1.58 bits per heavy atom. The molecule has 0 atom stereocenters. The summed E-state index contributed by atoms with van der Waals surface area (Å²) in [7, 11) is 0. The molecule has 5 rings (SSSR count). The van der Waals surface area contributed by atoms with Crippen molar-refractivity contribution in [1.29, 1.82) is 0 Å². The molecule has 8 bridgehead atoms. The first-order chi connectivity index (χ1) is 12.7. The summed E-state index contributed by atoms with van der Waals surface area (Å²) < 4.78 is 0. The smallest absolute Gasteiger partial charge is 0.0913 e. The highest BCUT2D eigenvalue weighted by atomic mass is 16.5. The van der Waals surface area contributed by atoms with Gasteiger partial charge < -0.3 is 0 Å². The third-order valence-electron chi connectivity index (χ3n) is 4.16. The van der Waals surface area contributed by atoms with Crippen molar-refractivity contribution in [3.8, 4) is 0 Å². The number of rotatable bonds is 1. The van der Waals surface area contributed by atoms with E-state index in [0.29, 0.717) is 17.1 Å². The number of nitrogens with zero attached hydrogens (tertiary/aromatic N) is 4. The second kappa shape index (κ2) is 5.72. The minimum absolute atomic E-state index is 0.523. The highest BCUT2D eigenvalue weighted by Gasteiger charge is 2.16. The van der Waals surface area contributed by atoms with E-state index in [-0.39, 0.29) is 0 Å². The molecule has 0 aliphatic carbocycles. The van der Waals surface area contributed by atoms with Crippen molar-refractivity contribution in [2.45, 2.75) is 0 Å². The van der Waals surface area contributed by atoms with E-state index < -0.39 is 0 Å². The van der Waals surface area contributed by atoms with E-state index >= 15 is 0 Å². The van der Waals surface area contributed by atoms with Crippen LogP contribution >= 0.6 is 0 Å². The van der Waals surface area contributed by atoms with Crippen molar-refractivity contribution in [3.63, 3.8) is 0 Å². The quantitative estimate of drug-likeness (QED) is 0.720. The Labute approximate surface area is 149 Å². The first-order valence-corrected chi connectivity index (χ1v) is 8.13. The SMILES string of the molecule is ONC1=CC2=NC1=CC1=NC(=CC3=NC(=CC4=NC(=C2)C=C4)C=C3)C=C1. The van der Waals surface area contributed by atoms with Crippen molar-refractivity contribution >= 4 is 22.8 Å². The van der Waals surface area contributed by atoms with E-state index in [1.807, 2.05) is 60.8 Å². The lowest BCUT2D eigenvalue weighted by atomic mass is 10.2. The zero-order valence-electron chi connectivity index (χ0n) is 13.6. The number of allylic oxidation sites excluding steroid dienone is 11. The maximum Gasteiger partial charge on any atom is 0.0913 e. The fourth-order valence-corrected chi connectivity index (χ4v) is 2.99. The van der Waals surface area contributed by atoms with Crippen LogP contribution < -0.4 is 5.48 Å². The first kappa shape index (κ1) is 14.7. The number of aliphatic imine (C=N–C) groups is 4. The van der Waals surface area contributed by atoms with Crippen LogP contribution in [0.15, 0.2) is 115 Å². The fraction of sp³-hybridized carbons (Fsp3) is 0. The molecule has 2 N–H and O–H groups in total. The molecular formula is C20H13N5O. The van der Waals surface area contributed by atoms with Crippen LogP contribution in [0.3, 0.4) is 0 Å². The van der Waals surface area contributed by atoms with Crippen molar-refractivity contribution < 1.29 is 5.21 Å². The Hall–Kier alpha value is -3.64. The molecule has 124 valence electrons. The lowest BCUT2D eigenvalue weighted by molar-refractivity contribution is 0.203. The van der Waals surface area contributed by atoms with Crippen LogP contribution in [0, 0.1) is 0 Å². The highest BCUT2D eigenvalue weighted by Crippen LogP contribution is 2.22. The number of hydrogen-bond acceptors (Lipinski definition) is 6. The summed E-state index contributed by atoms with van der Waals surface area (Å²) in [5.74, 6) is 0. The van der Waals surface area contributed by atoms with Crippen LogP contribution in [-0.2, 0) is 0 Å². The van der Waals surface area contributed by atoms with E-state index in [1.54, 1.807) is 6.08 Å². The van der Waals surface area contributed by atoms with Gasteiger partial charge in [-0.05, 0) is 66.8 Å². The fourth-order valence-electron chi connectivity index (χ4n) is 2.99. The molecule has 6 heteroatoms. The Morgan fingerprint density at radius 1 is 0.538 bits per heavy atom. The van der Waals surface area contributed by atoms with Gasteiger partial charge in [0.2, 0.25) is 0 Å². The van der Waals surface area contributed by atoms with E-state index in [4.69, 9.17) is 0 Å². The molecule has 26 heavy (non-hydrogen) atoms.